The maximum atomic E-state index is 10.9. The summed E-state index contributed by atoms with van der Waals surface area (Å²) in [5.41, 5.74) is 3.18. The largest absolute Gasteiger partial charge is 0.478 e. The summed E-state index contributed by atoms with van der Waals surface area (Å²) in [4.78, 5) is 15.5. The number of pyridine rings is 1. The molecule has 2 aromatic rings. The van der Waals surface area contributed by atoms with E-state index in [1.807, 2.05) is 17.5 Å². The molecule has 82 valence electrons. The summed E-state index contributed by atoms with van der Waals surface area (Å²) in [5.74, 6) is -0.306. The smallest absolute Gasteiger partial charge is 0.337 e. The Bertz CT molecular complexity index is 582. The van der Waals surface area contributed by atoms with E-state index in [1.165, 1.54) is 12.8 Å². The monoisotopic (exact) mass is 216 g/mol. The number of carboxylic acids is 1. The Hall–Kier alpha value is -1.84. The van der Waals surface area contributed by atoms with Gasteiger partial charge < -0.3 is 9.51 Å². The lowest BCUT2D eigenvalue weighted by atomic mass is 10.2. The molecule has 0 unspecified atom stereocenters. The Balaban J connectivity index is 2.21. The molecular weight excluding hydrogens is 204 g/mol. The van der Waals surface area contributed by atoms with Gasteiger partial charge in [0.05, 0.1) is 11.3 Å². The van der Waals surface area contributed by atoms with Gasteiger partial charge in [0.25, 0.3) is 0 Å². The van der Waals surface area contributed by atoms with Crippen LogP contribution in [0.5, 0.6) is 0 Å². The van der Waals surface area contributed by atoms with Gasteiger partial charge in [-0.25, -0.2) is 9.78 Å². The van der Waals surface area contributed by atoms with Gasteiger partial charge in [-0.15, -0.1) is 0 Å². The van der Waals surface area contributed by atoms with Crippen LogP contribution in [0.4, 0.5) is 0 Å². The summed E-state index contributed by atoms with van der Waals surface area (Å²) >= 11 is 0. The van der Waals surface area contributed by atoms with Crippen molar-refractivity contribution in [2.24, 2.45) is 0 Å². The van der Waals surface area contributed by atoms with Gasteiger partial charge in [0.2, 0.25) is 0 Å². The van der Waals surface area contributed by atoms with Crippen LogP contribution in [0.2, 0.25) is 0 Å². The maximum Gasteiger partial charge on any atom is 0.337 e. The minimum Gasteiger partial charge on any atom is -0.478 e. The zero-order valence-electron chi connectivity index (χ0n) is 8.97. The molecule has 0 radical (unpaired) electrons. The fourth-order valence-corrected chi connectivity index (χ4v) is 1.98. The van der Waals surface area contributed by atoms with E-state index in [1.54, 1.807) is 12.3 Å². The van der Waals surface area contributed by atoms with Crippen LogP contribution in [0, 0.1) is 6.92 Å². The second kappa shape index (κ2) is 3.07. The summed E-state index contributed by atoms with van der Waals surface area (Å²) in [6.45, 7) is 1.89. The predicted molar refractivity (Wildman–Crippen MR) is 58.9 cm³/mol. The zero-order valence-corrected chi connectivity index (χ0v) is 8.97. The number of hydrogen-bond acceptors (Lipinski definition) is 2. The van der Waals surface area contributed by atoms with E-state index in [9.17, 15) is 4.79 Å². The first kappa shape index (κ1) is 9.39. The number of fused-ring (bicyclic) bond motifs is 1. The Kier molecular flexibility index (Phi) is 1.80. The molecule has 4 heteroatoms. The van der Waals surface area contributed by atoms with Crippen molar-refractivity contribution in [1.29, 1.82) is 0 Å². The minimum absolute atomic E-state index is 0.310. The van der Waals surface area contributed by atoms with Gasteiger partial charge >= 0.3 is 5.97 Å². The molecule has 0 bridgehead atoms. The normalized spacial score (nSPS) is 15.6. The lowest BCUT2D eigenvalue weighted by Crippen LogP contribution is -2.00. The molecule has 0 saturated heterocycles. The van der Waals surface area contributed by atoms with Crippen LogP contribution in [0.15, 0.2) is 18.5 Å². The van der Waals surface area contributed by atoms with Crippen molar-refractivity contribution in [2.75, 3.05) is 0 Å². The lowest BCUT2D eigenvalue weighted by Gasteiger charge is -2.00. The molecule has 2 heterocycles. The molecule has 1 aliphatic carbocycles. The summed E-state index contributed by atoms with van der Waals surface area (Å²) in [5, 5.41) is 8.96. The summed E-state index contributed by atoms with van der Waals surface area (Å²) < 4.78 is 1.83. The number of imidazole rings is 1. The second-order valence-electron chi connectivity index (χ2n) is 4.39. The highest BCUT2D eigenvalue weighted by Gasteiger charge is 2.26. The molecule has 16 heavy (non-hydrogen) atoms. The van der Waals surface area contributed by atoms with Crippen molar-refractivity contribution in [3.05, 3.63) is 35.3 Å². The van der Waals surface area contributed by atoms with E-state index in [0.29, 0.717) is 11.5 Å². The van der Waals surface area contributed by atoms with Crippen molar-refractivity contribution >= 4 is 11.6 Å². The number of aromatic nitrogens is 2. The highest BCUT2D eigenvalue weighted by molar-refractivity contribution is 5.88. The molecule has 1 aliphatic rings. The minimum atomic E-state index is -0.897. The van der Waals surface area contributed by atoms with Crippen molar-refractivity contribution in [1.82, 2.24) is 9.38 Å². The Morgan fingerprint density at radius 3 is 2.88 bits per heavy atom. The van der Waals surface area contributed by atoms with Gasteiger partial charge in [-0.1, -0.05) is 0 Å². The third kappa shape index (κ3) is 1.38. The van der Waals surface area contributed by atoms with Crippen LogP contribution in [-0.4, -0.2) is 20.5 Å². The lowest BCUT2D eigenvalue weighted by molar-refractivity contribution is 0.0696. The number of rotatable bonds is 2. The number of nitrogens with zero attached hydrogens (tertiary/aromatic N) is 2. The highest BCUT2D eigenvalue weighted by atomic mass is 16.4. The molecule has 1 fully saturated rings. The van der Waals surface area contributed by atoms with E-state index in [-0.39, 0.29) is 0 Å². The van der Waals surface area contributed by atoms with Crippen LogP contribution >= 0.6 is 0 Å². The number of carboxylic acid groups (broad SMARTS) is 1. The zero-order chi connectivity index (χ0) is 11.3. The third-order valence-corrected chi connectivity index (χ3v) is 3.00. The van der Waals surface area contributed by atoms with Crippen LogP contribution in [0.25, 0.3) is 5.65 Å². The van der Waals surface area contributed by atoms with Gasteiger partial charge in [0.1, 0.15) is 5.65 Å². The molecule has 0 spiro atoms. The Labute approximate surface area is 92.5 Å². The molecule has 4 nitrogen and oxygen atoms in total. The summed E-state index contributed by atoms with van der Waals surface area (Å²) in [7, 11) is 0. The molecule has 0 amide bonds. The van der Waals surface area contributed by atoms with Crippen molar-refractivity contribution < 1.29 is 9.90 Å². The molecule has 3 rings (SSSR count). The first-order valence-corrected chi connectivity index (χ1v) is 5.37. The number of aromatic carboxylic acids is 1. The summed E-state index contributed by atoms with van der Waals surface area (Å²) in [6.07, 6.45) is 5.99. The van der Waals surface area contributed by atoms with Crippen molar-refractivity contribution in [2.45, 2.75) is 25.7 Å². The average molecular weight is 216 g/mol. The molecule has 1 N–H and O–H groups in total. The van der Waals surface area contributed by atoms with Crippen LogP contribution < -0.4 is 0 Å². The number of carbonyl (C=O) groups is 1. The van der Waals surface area contributed by atoms with E-state index < -0.39 is 5.97 Å². The molecule has 2 aromatic heterocycles. The SMILES string of the molecule is Cc1cc(C(=O)O)cn2cc(C3CC3)nc12. The number of aryl methyl sites for hydroxylation is 1. The van der Waals surface area contributed by atoms with E-state index in [2.05, 4.69) is 4.98 Å². The fraction of sp³-hybridized carbons (Fsp3) is 0.333. The third-order valence-electron chi connectivity index (χ3n) is 3.00. The quantitative estimate of drug-likeness (QED) is 0.837. The van der Waals surface area contributed by atoms with E-state index in [0.717, 1.165) is 16.9 Å². The Morgan fingerprint density at radius 1 is 1.50 bits per heavy atom. The van der Waals surface area contributed by atoms with E-state index >= 15 is 0 Å². The molecular formula is C12H12N2O2. The van der Waals surface area contributed by atoms with Crippen molar-refractivity contribution in [3.63, 3.8) is 0 Å². The van der Waals surface area contributed by atoms with Crippen molar-refractivity contribution in [3.8, 4) is 0 Å². The standard InChI is InChI=1S/C12H12N2O2/c1-7-4-9(12(15)16)5-14-6-10(8-2-3-8)13-11(7)14/h4-6,8H,2-3H2,1H3,(H,15,16). The average Bonchev–Trinajstić information content (AvgIpc) is 2.98. The van der Waals surface area contributed by atoms with Crippen LogP contribution in [-0.2, 0) is 0 Å². The fourth-order valence-electron chi connectivity index (χ4n) is 1.98. The molecule has 0 atom stereocenters. The second-order valence-corrected chi connectivity index (χ2v) is 4.39. The first-order valence-electron chi connectivity index (χ1n) is 5.37. The molecule has 1 saturated carbocycles. The van der Waals surface area contributed by atoms with Gasteiger partial charge in [0, 0.05) is 18.3 Å². The topological polar surface area (TPSA) is 54.6 Å². The van der Waals surface area contributed by atoms with Gasteiger partial charge in [0.15, 0.2) is 0 Å². The maximum absolute atomic E-state index is 10.9. The molecule has 0 aromatic carbocycles. The Morgan fingerprint density at radius 2 is 2.25 bits per heavy atom. The highest BCUT2D eigenvalue weighted by Crippen LogP contribution is 2.39. The van der Waals surface area contributed by atoms with E-state index in [4.69, 9.17) is 5.11 Å². The van der Waals surface area contributed by atoms with Crippen LogP contribution in [0.1, 0.15) is 40.4 Å². The van der Waals surface area contributed by atoms with Gasteiger partial charge in [-0.3, -0.25) is 0 Å². The van der Waals surface area contributed by atoms with Gasteiger partial charge in [-0.05, 0) is 31.4 Å². The van der Waals surface area contributed by atoms with Gasteiger partial charge in [-0.2, -0.15) is 0 Å². The predicted octanol–water partition coefficient (Wildman–Crippen LogP) is 2.22. The number of hydrogen-bond donors (Lipinski definition) is 1. The molecule has 0 aliphatic heterocycles. The first-order chi connectivity index (χ1) is 7.65. The van der Waals surface area contributed by atoms with Crippen LogP contribution in [0.3, 0.4) is 0 Å². The summed E-state index contributed by atoms with van der Waals surface area (Å²) in [6, 6.07) is 1.67.